The van der Waals surface area contributed by atoms with Crippen molar-refractivity contribution in [3.8, 4) is 44.8 Å². The van der Waals surface area contributed by atoms with Crippen LogP contribution in [0.5, 0.6) is 0 Å². The third kappa shape index (κ3) is 6.16. The van der Waals surface area contributed by atoms with Crippen molar-refractivity contribution in [2.24, 2.45) is 0 Å². The van der Waals surface area contributed by atoms with E-state index in [1.54, 1.807) is 0 Å². The van der Waals surface area contributed by atoms with Gasteiger partial charge in [-0.25, -0.2) is 4.98 Å². The minimum atomic E-state index is 0.607. The third-order valence-corrected chi connectivity index (χ3v) is 11.2. The molecule has 0 spiro atoms. The Morgan fingerprint density at radius 3 is 1.72 bits per heavy atom. The molecule has 0 N–H and O–H groups in total. The van der Waals surface area contributed by atoms with Gasteiger partial charge < -0.3 is 8.83 Å². The van der Waals surface area contributed by atoms with Gasteiger partial charge in [-0.15, -0.1) is 0 Å². The molecule has 0 amide bonds. The molecule has 9 aromatic carbocycles. The fourth-order valence-corrected chi connectivity index (χ4v) is 8.13. The summed E-state index contributed by atoms with van der Waals surface area (Å²) in [5, 5.41) is 4.57. The molecule has 11 rings (SSSR count). The van der Waals surface area contributed by atoms with E-state index in [4.69, 9.17) is 13.8 Å². The minimum absolute atomic E-state index is 0.607. The van der Waals surface area contributed by atoms with Gasteiger partial charge in [0, 0.05) is 22.4 Å². The number of hydrogen-bond acceptors (Lipinski definition) is 3. The van der Waals surface area contributed by atoms with Crippen molar-refractivity contribution in [3.63, 3.8) is 0 Å². The Morgan fingerprint density at radius 1 is 0.379 bits per heavy atom. The van der Waals surface area contributed by atoms with Crippen molar-refractivity contribution in [1.82, 2.24) is 4.98 Å². The molecular formula is C55H35NO2. The summed E-state index contributed by atoms with van der Waals surface area (Å²) in [5.41, 5.74) is 15.8. The van der Waals surface area contributed by atoms with Crippen molar-refractivity contribution in [2.75, 3.05) is 0 Å². The van der Waals surface area contributed by atoms with Crippen molar-refractivity contribution >= 4 is 55.5 Å². The average molecular weight is 742 g/mol. The summed E-state index contributed by atoms with van der Waals surface area (Å²) < 4.78 is 12.6. The molecule has 2 aromatic heterocycles. The highest BCUT2D eigenvalue weighted by Crippen LogP contribution is 2.37. The zero-order valence-electron chi connectivity index (χ0n) is 31.5. The fraction of sp³-hybridized carbons (Fsp3) is 0. The highest BCUT2D eigenvalue weighted by atomic mass is 16.4. The second-order valence-electron chi connectivity index (χ2n) is 14.7. The maximum Gasteiger partial charge on any atom is 0.227 e. The number of nitrogens with zero attached hydrogens (tertiary/aromatic N) is 1. The Hall–Kier alpha value is -7.75. The zero-order valence-corrected chi connectivity index (χ0v) is 31.5. The molecule has 272 valence electrons. The average Bonchev–Trinajstić information content (AvgIpc) is 3.88. The first-order valence-electron chi connectivity index (χ1n) is 19.6. The lowest BCUT2D eigenvalue weighted by Crippen LogP contribution is -1.90. The molecule has 0 bridgehead atoms. The van der Waals surface area contributed by atoms with Crippen LogP contribution in [-0.4, -0.2) is 4.98 Å². The highest BCUT2D eigenvalue weighted by Gasteiger charge is 2.15. The summed E-state index contributed by atoms with van der Waals surface area (Å²) in [5.74, 6) is 0.607. The highest BCUT2D eigenvalue weighted by molar-refractivity contribution is 6.09. The molecule has 58 heavy (non-hydrogen) atoms. The molecule has 2 heterocycles. The van der Waals surface area contributed by atoms with Gasteiger partial charge in [-0.05, 0) is 103 Å². The third-order valence-electron chi connectivity index (χ3n) is 11.2. The molecule has 0 aliphatic carbocycles. The molecule has 0 saturated carbocycles. The number of fused-ring (bicyclic) bond motifs is 5. The quantitative estimate of drug-likeness (QED) is 0.153. The van der Waals surface area contributed by atoms with E-state index in [9.17, 15) is 0 Å². The van der Waals surface area contributed by atoms with Gasteiger partial charge in [0.1, 0.15) is 16.7 Å². The largest absolute Gasteiger partial charge is 0.456 e. The Morgan fingerprint density at radius 2 is 0.966 bits per heavy atom. The molecule has 0 saturated heterocycles. The van der Waals surface area contributed by atoms with Crippen LogP contribution in [0.4, 0.5) is 0 Å². The predicted molar refractivity (Wildman–Crippen MR) is 240 cm³/mol. The van der Waals surface area contributed by atoms with E-state index in [0.717, 1.165) is 72.0 Å². The number of oxazole rings is 1. The maximum atomic E-state index is 6.42. The smallest absolute Gasteiger partial charge is 0.227 e. The summed E-state index contributed by atoms with van der Waals surface area (Å²) in [6, 6.07) is 72.8. The first-order valence-corrected chi connectivity index (χ1v) is 19.6. The van der Waals surface area contributed by atoms with E-state index in [-0.39, 0.29) is 0 Å². The Kier molecular flexibility index (Phi) is 8.15. The molecule has 0 fully saturated rings. The number of furan rings is 1. The minimum Gasteiger partial charge on any atom is -0.456 e. The van der Waals surface area contributed by atoms with Crippen LogP contribution < -0.4 is 0 Å². The van der Waals surface area contributed by atoms with E-state index >= 15 is 0 Å². The first kappa shape index (κ1) is 33.6. The normalized spacial score (nSPS) is 11.9. The number of aromatic nitrogens is 1. The van der Waals surface area contributed by atoms with Crippen LogP contribution in [0.3, 0.4) is 0 Å². The maximum absolute atomic E-state index is 6.42. The van der Waals surface area contributed by atoms with Crippen molar-refractivity contribution in [2.45, 2.75) is 0 Å². The Bertz CT molecular complexity index is 3280. The van der Waals surface area contributed by atoms with Crippen LogP contribution >= 0.6 is 0 Å². The number of benzene rings is 9. The van der Waals surface area contributed by atoms with Gasteiger partial charge in [0.2, 0.25) is 5.89 Å². The molecule has 3 nitrogen and oxygen atoms in total. The Balaban J connectivity index is 0.926. The summed E-state index contributed by atoms with van der Waals surface area (Å²) in [4.78, 5) is 4.75. The van der Waals surface area contributed by atoms with E-state index < -0.39 is 0 Å². The van der Waals surface area contributed by atoms with E-state index in [2.05, 4.69) is 170 Å². The van der Waals surface area contributed by atoms with Gasteiger partial charge in [0.05, 0.1) is 0 Å². The molecular weight excluding hydrogens is 707 g/mol. The summed E-state index contributed by atoms with van der Waals surface area (Å²) in [6.45, 7) is 0. The zero-order chi connectivity index (χ0) is 38.4. The molecule has 0 atom stereocenters. The van der Waals surface area contributed by atoms with Crippen LogP contribution in [0.15, 0.2) is 215 Å². The van der Waals surface area contributed by atoms with E-state index in [0.29, 0.717) is 5.89 Å². The van der Waals surface area contributed by atoms with Gasteiger partial charge in [-0.1, -0.05) is 170 Å². The molecule has 11 aromatic rings. The van der Waals surface area contributed by atoms with Gasteiger partial charge in [-0.2, -0.15) is 0 Å². The lowest BCUT2D eigenvalue weighted by molar-refractivity contribution is 0.620. The lowest BCUT2D eigenvalue weighted by Gasteiger charge is -2.13. The van der Waals surface area contributed by atoms with Gasteiger partial charge in [0.15, 0.2) is 5.58 Å². The summed E-state index contributed by atoms with van der Waals surface area (Å²) in [6.07, 6.45) is 2.30. The Labute approximate surface area is 335 Å². The van der Waals surface area contributed by atoms with Crippen LogP contribution in [0.2, 0.25) is 0 Å². The molecule has 0 aliphatic heterocycles. The van der Waals surface area contributed by atoms with Gasteiger partial charge in [0.25, 0.3) is 0 Å². The van der Waals surface area contributed by atoms with E-state index in [1.807, 2.05) is 42.5 Å². The number of hydrogen-bond donors (Lipinski definition) is 0. The van der Waals surface area contributed by atoms with Crippen molar-refractivity contribution in [3.05, 3.63) is 223 Å². The van der Waals surface area contributed by atoms with Crippen molar-refractivity contribution in [1.29, 1.82) is 0 Å². The van der Waals surface area contributed by atoms with Crippen LogP contribution in [0.1, 0.15) is 16.7 Å². The van der Waals surface area contributed by atoms with Crippen LogP contribution in [-0.2, 0) is 0 Å². The molecule has 0 radical (unpaired) electrons. The summed E-state index contributed by atoms with van der Waals surface area (Å²) >= 11 is 0. The first-order chi connectivity index (χ1) is 28.7. The standard InChI is InChI=1S/C55H35NO2/c1-3-10-37(11-4-1)38-22-24-42(25-23-38)49(43-28-26-41(27-29-43)47-17-9-15-40-12-7-8-16-46(40)47)32-36-18-20-39(21-19-36)45-30-31-48-50-34-54-51(35-53(50)57-52(48)33-45)56-55(58-54)44-13-5-2-6-14-44/h1-35H/b49-32-. The monoisotopic (exact) mass is 741 g/mol. The van der Waals surface area contributed by atoms with E-state index in [1.165, 1.54) is 33.0 Å². The van der Waals surface area contributed by atoms with Gasteiger partial charge >= 0.3 is 0 Å². The summed E-state index contributed by atoms with van der Waals surface area (Å²) in [7, 11) is 0. The van der Waals surface area contributed by atoms with Crippen molar-refractivity contribution < 1.29 is 8.83 Å². The second-order valence-corrected chi connectivity index (χ2v) is 14.7. The topological polar surface area (TPSA) is 39.2 Å². The number of rotatable bonds is 7. The second kappa shape index (κ2) is 14.1. The molecule has 0 unspecified atom stereocenters. The van der Waals surface area contributed by atoms with Crippen LogP contribution in [0.25, 0.3) is 100 Å². The lowest BCUT2D eigenvalue weighted by atomic mass is 9.91. The molecule has 0 aliphatic rings. The SMILES string of the molecule is C(=C(\c1ccc(-c2ccccc2)cc1)c1ccc(-c2cccc3ccccc23)cc1)/c1ccc(-c2ccc3c(c2)oc2cc4nc(-c5ccccc5)oc4cc23)cc1. The predicted octanol–water partition coefficient (Wildman–Crippen LogP) is 15.1. The van der Waals surface area contributed by atoms with Gasteiger partial charge in [-0.3, -0.25) is 0 Å². The molecule has 3 heteroatoms. The van der Waals surface area contributed by atoms with Crippen LogP contribution in [0, 0.1) is 0 Å². The fourth-order valence-electron chi connectivity index (χ4n) is 8.13.